The minimum atomic E-state index is -4.68. The molecule has 1 N–H and O–H groups in total. The van der Waals surface area contributed by atoms with E-state index in [1.807, 2.05) is 32.0 Å². The van der Waals surface area contributed by atoms with Crippen molar-refractivity contribution >= 4 is 34.8 Å². The summed E-state index contributed by atoms with van der Waals surface area (Å²) in [4.78, 5) is 30.8. The molecule has 0 aliphatic carbocycles. The molecule has 0 aromatic heterocycles. The van der Waals surface area contributed by atoms with Gasteiger partial charge in [-0.25, -0.2) is 8.78 Å². The fourth-order valence-electron chi connectivity index (χ4n) is 5.43. The quantitative estimate of drug-likeness (QED) is 0.438. The summed E-state index contributed by atoms with van der Waals surface area (Å²) in [5.74, 6) is -4.66. The summed E-state index contributed by atoms with van der Waals surface area (Å²) in [6, 6.07) is 8.28. The molecule has 2 aliphatic rings. The molecule has 5 nitrogen and oxygen atoms in total. The number of para-hydroxylation sites is 1. The Balaban J connectivity index is 1.72. The number of nitrogens with one attached hydrogen (secondary N) is 1. The van der Waals surface area contributed by atoms with Crippen LogP contribution in [0.1, 0.15) is 36.5 Å². The van der Waals surface area contributed by atoms with Gasteiger partial charge in [-0.05, 0) is 43.2 Å². The zero-order chi connectivity index (χ0) is 28.0. The van der Waals surface area contributed by atoms with Crippen LogP contribution in [-0.4, -0.2) is 48.8 Å². The number of halogens is 6. The number of aryl methyl sites for hydroxylation is 2. The van der Waals surface area contributed by atoms with Gasteiger partial charge in [-0.2, -0.15) is 13.2 Å². The number of carbonyl (C=O) groups excluding carboxylic acids is 2. The maximum absolute atomic E-state index is 13.9. The predicted octanol–water partition coefficient (Wildman–Crippen LogP) is 6.31. The molecule has 2 fully saturated rings. The van der Waals surface area contributed by atoms with E-state index in [9.17, 15) is 31.5 Å². The van der Waals surface area contributed by atoms with Crippen molar-refractivity contribution in [1.82, 2.24) is 4.90 Å². The molecule has 206 valence electrons. The number of anilines is 2. The van der Waals surface area contributed by atoms with Gasteiger partial charge in [-0.15, -0.1) is 0 Å². The maximum atomic E-state index is 13.9. The Morgan fingerprint density at radius 3 is 2.29 bits per heavy atom. The Morgan fingerprint density at radius 1 is 1.11 bits per heavy atom. The maximum Gasteiger partial charge on any atom is 0.416 e. The summed E-state index contributed by atoms with van der Waals surface area (Å²) in [5.41, 5.74) is -0.302. The Labute approximate surface area is 222 Å². The molecule has 0 bridgehead atoms. The van der Waals surface area contributed by atoms with E-state index in [2.05, 4.69) is 5.32 Å². The van der Waals surface area contributed by atoms with Crippen LogP contribution in [0.3, 0.4) is 0 Å². The number of piperidine rings is 1. The number of hydrogen-bond donors (Lipinski definition) is 1. The lowest BCUT2D eigenvalue weighted by Gasteiger charge is -2.39. The van der Waals surface area contributed by atoms with E-state index in [4.69, 9.17) is 11.6 Å². The van der Waals surface area contributed by atoms with Gasteiger partial charge in [0.1, 0.15) is 0 Å². The third kappa shape index (κ3) is 5.52. The summed E-state index contributed by atoms with van der Waals surface area (Å²) < 4.78 is 67.8. The molecule has 2 amide bonds. The van der Waals surface area contributed by atoms with Gasteiger partial charge in [0.15, 0.2) is 0 Å². The van der Waals surface area contributed by atoms with Gasteiger partial charge >= 0.3 is 6.18 Å². The molecule has 0 saturated carbocycles. The first-order valence-corrected chi connectivity index (χ1v) is 12.7. The van der Waals surface area contributed by atoms with Crippen molar-refractivity contribution in [2.24, 2.45) is 11.3 Å². The molecular weight excluding hydrogens is 529 g/mol. The van der Waals surface area contributed by atoms with Crippen molar-refractivity contribution in [3.63, 3.8) is 0 Å². The highest BCUT2D eigenvalue weighted by Crippen LogP contribution is 2.44. The van der Waals surface area contributed by atoms with Crippen LogP contribution in [0.2, 0.25) is 5.02 Å². The predicted molar refractivity (Wildman–Crippen MR) is 136 cm³/mol. The largest absolute Gasteiger partial charge is 0.416 e. The van der Waals surface area contributed by atoms with Crippen molar-refractivity contribution in [2.75, 3.05) is 36.4 Å². The van der Waals surface area contributed by atoms with E-state index >= 15 is 0 Å². The standard InChI is InChI=1S/C27H29ClF5N3O2/c1-16-5-4-6-17(2)22(16)36-15-25(18(3)23(36)37,14-35-9-7-26(29,30)8-10-35)24(38)34-21-12-19(27(31,32)33)11-20(28)13-21/h4-6,11-13,18H,7-10,14-15H2,1-3H3,(H,34,38)/t18-,25-/m1/s1. The number of benzene rings is 2. The zero-order valence-corrected chi connectivity index (χ0v) is 22.0. The average molecular weight is 558 g/mol. The highest BCUT2D eigenvalue weighted by atomic mass is 35.5. The lowest BCUT2D eigenvalue weighted by atomic mass is 9.76. The minimum Gasteiger partial charge on any atom is -0.325 e. The van der Waals surface area contributed by atoms with Gasteiger partial charge in [0.25, 0.3) is 5.92 Å². The summed E-state index contributed by atoms with van der Waals surface area (Å²) in [5, 5.41) is 2.35. The minimum absolute atomic E-state index is 0.00403. The van der Waals surface area contributed by atoms with E-state index in [1.54, 1.807) is 11.8 Å². The molecule has 11 heteroatoms. The van der Waals surface area contributed by atoms with Crippen LogP contribution in [0, 0.1) is 25.2 Å². The lowest BCUT2D eigenvalue weighted by Crippen LogP contribution is -2.53. The summed E-state index contributed by atoms with van der Waals surface area (Å²) in [6.07, 6.45) is -5.44. The lowest BCUT2D eigenvalue weighted by molar-refractivity contribution is -0.137. The van der Waals surface area contributed by atoms with Gasteiger partial charge < -0.3 is 15.1 Å². The molecule has 2 atom stereocenters. The fourth-order valence-corrected chi connectivity index (χ4v) is 5.67. The molecule has 0 spiro atoms. The molecule has 2 aliphatic heterocycles. The van der Waals surface area contributed by atoms with Crippen molar-refractivity contribution in [3.05, 3.63) is 58.1 Å². The van der Waals surface area contributed by atoms with Crippen LogP contribution in [0.25, 0.3) is 0 Å². The van der Waals surface area contributed by atoms with Gasteiger partial charge in [-0.1, -0.05) is 36.7 Å². The summed E-state index contributed by atoms with van der Waals surface area (Å²) >= 11 is 5.91. The Bertz CT molecular complexity index is 1220. The first-order valence-electron chi connectivity index (χ1n) is 12.3. The van der Waals surface area contributed by atoms with E-state index in [1.165, 1.54) is 11.0 Å². The first-order chi connectivity index (χ1) is 17.6. The van der Waals surface area contributed by atoms with Gasteiger partial charge in [0, 0.05) is 55.4 Å². The zero-order valence-electron chi connectivity index (χ0n) is 21.3. The van der Waals surface area contributed by atoms with Gasteiger partial charge in [0.2, 0.25) is 11.8 Å². The summed E-state index contributed by atoms with van der Waals surface area (Å²) in [7, 11) is 0. The third-order valence-electron chi connectivity index (χ3n) is 7.64. The van der Waals surface area contributed by atoms with Crippen molar-refractivity contribution in [1.29, 1.82) is 0 Å². The molecular formula is C27H29ClF5N3O2. The number of rotatable bonds is 5. The molecule has 38 heavy (non-hydrogen) atoms. The number of amides is 2. The van der Waals surface area contributed by atoms with Crippen molar-refractivity contribution < 1.29 is 31.5 Å². The average Bonchev–Trinajstić information content (AvgIpc) is 3.05. The second-order valence-corrected chi connectivity index (χ2v) is 10.8. The fraction of sp³-hybridized carbons (Fsp3) is 0.481. The van der Waals surface area contributed by atoms with Gasteiger partial charge in [0.05, 0.1) is 16.9 Å². The summed E-state index contributed by atoms with van der Waals surface area (Å²) in [6.45, 7) is 5.30. The Morgan fingerprint density at radius 2 is 1.71 bits per heavy atom. The molecule has 2 aromatic carbocycles. The normalized spacial score (nSPS) is 24.1. The highest BCUT2D eigenvalue weighted by molar-refractivity contribution is 6.31. The number of likely N-dealkylation sites (tertiary alicyclic amines) is 1. The van der Waals surface area contributed by atoms with Crippen LogP contribution in [0.4, 0.5) is 33.3 Å². The van der Waals surface area contributed by atoms with Crippen LogP contribution >= 0.6 is 11.6 Å². The Hall–Kier alpha value is -2.72. The number of carbonyl (C=O) groups is 2. The number of hydrogen-bond acceptors (Lipinski definition) is 3. The molecule has 2 saturated heterocycles. The smallest absolute Gasteiger partial charge is 0.325 e. The van der Waals surface area contributed by atoms with Crippen molar-refractivity contribution in [2.45, 2.75) is 45.7 Å². The van der Waals surface area contributed by atoms with Crippen LogP contribution in [0.5, 0.6) is 0 Å². The third-order valence-corrected chi connectivity index (χ3v) is 7.86. The van der Waals surface area contributed by atoms with Gasteiger partial charge in [-0.3, -0.25) is 9.59 Å². The molecule has 2 aromatic rings. The Kier molecular flexibility index (Phi) is 7.53. The van der Waals surface area contributed by atoms with Crippen LogP contribution < -0.4 is 10.2 Å². The van der Waals surface area contributed by atoms with Crippen LogP contribution in [-0.2, 0) is 15.8 Å². The number of nitrogens with zero attached hydrogens (tertiary/aromatic N) is 2. The SMILES string of the molecule is Cc1cccc(C)c1N1C[C@@](CN2CCC(F)(F)CC2)(C(=O)Nc2cc(Cl)cc(C(F)(F)F)c2)[C@H](C)C1=O. The van der Waals surface area contributed by atoms with Crippen molar-refractivity contribution in [3.8, 4) is 0 Å². The van der Waals surface area contributed by atoms with E-state index in [0.29, 0.717) is 5.69 Å². The van der Waals surface area contributed by atoms with E-state index in [-0.39, 0.29) is 55.6 Å². The van der Waals surface area contributed by atoms with E-state index < -0.39 is 34.9 Å². The molecule has 2 heterocycles. The molecule has 4 rings (SSSR count). The second-order valence-electron chi connectivity index (χ2n) is 10.4. The number of alkyl halides is 5. The van der Waals surface area contributed by atoms with E-state index in [0.717, 1.165) is 23.3 Å². The first kappa shape index (κ1) is 28.3. The topological polar surface area (TPSA) is 52.6 Å². The second kappa shape index (κ2) is 10.1. The van der Waals surface area contributed by atoms with Crippen LogP contribution in [0.15, 0.2) is 36.4 Å². The molecule has 0 radical (unpaired) electrons. The highest BCUT2D eigenvalue weighted by Gasteiger charge is 2.56. The monoisotopic (exact) mass is 557 g/mol. The molecule has 0 unspecified atom stereocenters.